The Balaban J connectivity index is 1.62. The summed E-state index contributed by atoms with van der Waals surface area (Å²) < 4.78 is 3.93. The van der Waals surface area contributed by atoms with Gasteiger partial charge in [-0.3, -0.25) is 14.2 Å². The van der Waals surface area contributed by atoms with E-state index in [1.54, 1.807) is 28.0 Å². The predicted octanol–water partition coefficient (Wildman–Crippen LogP) is 4.13. The fourth-order valence-electron chi connectivity index (χ4n) is 3.73. The van der Waals surface area contributed by atoms with Crippen LogP contribution in [0.25, 0.3) is 22.4 Å². The van der Waals surface area contributed by atoms with Gasteiger partial charge < -0.3 is 4.90 Å². The van der Waals surface area contributed by atoms with Crippen LogP contribution >= 0.6 is 22.7 Å². The van der Waals surface area contributed by atoms with Crippen LogP contribution in [0.5, 0.6) is 0 Å². The lowest BCUT2D eigenvalue weighted by atomic mass is 10.1. The zero-order valence-corrected chi connectivity index (χ0v) is 21.0. The third kappa shape index (κ3) is 5.01. The molecule has 0 aliphatic carbocycles. The molecule has 0 aliphatic heterocycles. The van der Waals surface area contributed by atoms with Crippen LogP contribution < -0.4 is 19.7 Å². The summed E-state index contributed by atoms with van der Waals surface area (Å²) >= 11 is 2.94. The molecule has 174 valence electrons. The Kier molecular flexibility index (Phi) is 6.44. The zero-order valence-electron chi connectivity index (χ0n) is 19.3. The largest absolute Gasteiger partial charge is 0.378 e. The number of carbonyl (C=O) groups excluding carboxylic acids is 1. The van der Waals surface area contributed by atoms with Crippen LogP contribution in [0, 0.1) is 0 Å². The number of rotatable bonds is 6. The molecule has 0 aliphatic rings. The summed E-state index contributed by atoms with van der Waals surface area (Å²) in [7, 11) is 3.98. The Bertz CT molecular complexity index is 1650. The zero-order chi connectivity index (χ0) is 24.4. The van der Waals surface area contributed by atoms with Crippen molar-refractivity contribution in [2.75, 3.05) is 19.0 Å². The van der Waals surface area contributed by atoms with E-state index in [0.717, 1.165) is 26.5 Å². The Morgan fingerprint density at radius 2 is 1.63 bits per heavy atom. The van der Waals surface area contributed by atoms with Crippen LogP contribution in [0.3, 0.4) is 0 Å². The highest BCUT2D eigenvalue weighted by atomic mass is 32.1. The number of carbonyl (C=O) groups is 1. The number of para-hydroxylation sites is 1. The van der Waals surface area contributed by atoms with Crippen LogP contribution in [0.2, 0.25) is 0 Å². The molecule has 5 aromatic rings. The molecule has 0 amide bonds. The number of hydrogen-bond donors (Lipinski definition) is 0. The highest BCUT2D eigenvalue weighted by Crippen LogP contribution is 2.21. The molecule has 0 fully saturated rings. The van der Waals surface area contributed by atoms with Gasteiger partial charge in [-0.2, -0.15) is 0 Å². The van der Waals surface area contributed by atoms with Gasteiger partial charge in [0.15, 0.2) is 5.78 Å². The minimum Gasteiger partial charge on any atom is -0.378 e. The first kappa shape index (κ1) is 23.0. The van der Waals surface area contributed by atoms with Crippen LogP contribution in [-0.4, -0.2) is 29.4 Å². The first-order valence-electron chi connectivity index (χ1n) is 11.1. The van der Waals surface area contributed by atoms with Crippen LogP contribution in [0.15, 0.2) is 83.7 Å². The minimum absolute atomic E-state index is 0.0243. The van der Waals surface area contributed by atoms with Crippen LogP contribution in [0.4, 0.5) is 5.69 Å². The average Bonchev–Trinajstić information content (AvgIpc) is 3.40. The fourth-order valence-corrected chi connectivity index (χ4v) is 5.75. The number of thiazole rings is 2. The SMILES string of the molecule is CN(C)c1ccc(/C=c2\s/c(=C\c3nc4ccccc4s3)n(CC(=O)c3ccccc3)c2=O)cc1. The Labute approximate surface area is 210 Å². The molecule has 0 unspecified atom stereocenters. The smallest absolute Gasteiger partial charge is 0.269 e. The Morgan fingerprint density at radius 3 is 2.34 bits per heavy atom. The number of nitrogens with zero attached hydrogens (tertiary/aromatic N) is 3. The molecule has 2 heterocycles. The summed E-state index contributed by atoms with van der Waals surface area (Å²) in [6.45, 7) is -0.0243. The molecule has 0 bridgehead atoms. The highest BCUT2D eigenvalue weighted by molar-refractivity contribution is 7.19. The minimum atomic E-state index is -0.177. The topological polar surface area (TPSA) is 55.2 Å². The van der Waals surface area contributed by atoms with E-state index in [-0.39, 0.29) is 17.9 Å². The van der Waals surface area contributed by atoms with Crippen molar-refractivity contribution in [3.8, 4) is 0 Å². The third-order valence-corrected chi connectivity index (χ3v) is 7.64. The van der Waals surface area contributed by atoms with Gasteiger partial charge in [-0.25, -0.2) is 4.98 Å². The molecule has 0 atom stereocenters. The summed E-state index contributed by atoms with van der Waals surface area (Å²) in [6.07, 6.45) is 3.78. The van der Waals surface area contributed by atoms with E-state index in [9.17, 15) is 9.59 Å². The molecular formula is C28H23N3O2S2. The van der Waals surface area contributed by atoms with Gasteiger partial charge in [0, 0.05) is 31.4 Å². The number of fused-ring (bicyclic) bond motifs is 1. The van der Waals surface area contributed by atoms with Crippen molar-refractivity contribution in [2.24, 2.45) is 0 Å². The number of Topliss-reactive ketones (excluding diaryl/α,β-unsaturated/α-hetero) is 1. The number of benzene rings is 3. The van der Waals surface area contributed by atoms with Crippen molar-refractivity contribution in [1.29, 1.82) is 0 Å². The molecule has 0 N–H and O–H groups in total. The maximum atomic E-state index is 13.4. The molecule has 5 nitrogen and oxygen atoms in total. The van der Waals surface area contributed by atoms with Gasteiger partial charge in [0.05, 0.1) is 21.3 Å². The van der Waals surface area contributed by atoms with Crippen LogP contribution in [-0.2, 0) is 6.54 Å². The van der Waals surface area contributed by atoms with Gasteiger partial charge in [0.25, 0.3) is 5.56 Å². The summed E-state index contributed by atoms with van der Waals surface area (Å²) in [5, 5.41) is 0.801. The second-order valence-electron chi connectivity index (χ2n) is 8.28. The lowest BCUT2D eigenvalue weighted by molar-refractivity contribution is 0.0970. The molecule has 0 saturated carbocycles. The van der Waals surface area contributed by atoms with E-state index in [4.69, 9.17) is 4.98 Å². The maximum Gasteiger partial charge on any atom is 0.269 e. The summed E-state index contributed by atoms with van der Waals surface area (Å²) in [6, 6.07) is 25.0. The van der Waals surface area contributed by atoms with Crippen molar-refractivity contribution in [1.82, 2.24) is 9.55 Å². The van der Waals surface area contributed by atoms with Crippen molar-refractivity contribution >= 4 is 56.5 Å². The van der Waals surface area contributed by atoms with Crippen molar-refractivity contribution in [3.05, 3.63) is 115 Å². The third-order valence-electron chi connectivity index (χ3n) is 5.60. The molecular weight excluding hydrogens is 474 g/mol. The van der Waals surface area contributed by atoms with E-state index in [1.165, 1.54) is 11.3 Å². The van der Waals surface area contributed by atoms with Crippen molar-refractivity contribution in [3.63, 3.8) is 0 Å². The number of hydrogen-bond acceptors (Lipinski definition) is 6. The molecule has 7 heteroatoms. The average molecular weight is 498 g/mol. The predicted molar refractivity (Wildman–Crippen MR) is 146 cm³/mol. The second-order valence-corrected chi connectivity index (χ2v) is 10.4. The lowest BCUT2D eigenvalue weighted by Gasteiger charge is -2.11. The van der Waals surface area contributed by atoms with Gasteiger partial charge in [-0.15, -0.1) is 22.7 Å². The monoisotopic (exact) mass is 497 g/mol. The molecule has 0 radical (unpaired) electrons. The molecule has 0 spiro atoms. The highest BCUT2D eigenvalue weighted by Gasteiger charge is 2.12. The van der Waals surface area contributed by atoms with E-state index >= 15 is 0 Å². The van der Waals surface area contributed by atoms with Crippen LogP contribution in [0.1, 0.15) is 20.9 Å². The number of ketones is 1. The van der Waals surface area contributed by atoms with Gasteiger partial charge >= 0.3 is 0 Å². The Morgan fingerprint density at radius 1 is 0.914 bits per heavy atom. The summed E-state index contributed by atoms with van der Waals surface area (Å²) in [4.78, 5) is 33.1. The van der Waals surface area contributed by atoms with Gasteiger partial charge in [0.2, 0.25) is 0 Å². The van der Waals surface area contributed by atoms with Crippen molar-refractivity contribution < 1.29 is 4.79 Å². The molecule has 2 aromatic heterocycles. The number of anilines is 1. The standard InChI is InChI=1S/C28H23N3O2S2/c1-30(2)21-14-12-19(13-15-21)16-25-28(33)31(18-23(32)20-8-4-3-5-9-20)27(35-25)17-26-29-22-10-6-7-11-24(22)34-26/h3-17H,18H2,1-2H3/b25-16-,27-17-. The van der Waals surface area contributed by atoms with Gasteiger partial charge in [-0.05, 0) is 35.9 Å². The molecule has 0 saturated heterocycles. The maximum absolute atomic E-state index is 13.4. The fraction of sp³-hybridized carbons (Fsp3) is 0.107. The first-order chi connectivity index (χ1) is 17.0. The van der Waals surface area contributed by atoms with Gasteiger partial charge in [-0.1, -0.05) is 54.6 Å². The molecule has 5 rings (SSSR count). The van der Waals surface area contributed by atoms with Crippen molar-refractivity contribution in [2.45, 2.75) is 6.54 Å². The van der Waals surface area contributed by atoms with E-state index in [0.29, 0.717) is 14.8 Å². The van der Waals surface area contributed by atoms with E-state index in [1.807, 2.05) is 97.9 Å². The molecule has 35 heavy (non-hydrogen) atoms. The van der Waals surface area contributed by atoms with Gasteiger partial charge in [0.1, 0.15) is 9.67 Å². The first-order valence-corrected chi connectivity index (χ1v) is 12.8. The quantitative estimate of drug-likeness (QED) is 0.331. The lowest BCUT2D eigenvalue weighted by Crippen LogP contribution is -2.34. The second kappa shape index (κ2) is 9.82. The van der Waals surface area contributed by atoms with E-state index < -0.39 is 0 Å². The summed E-state index contributed by atoms with van der Waals surface area (Å²) in [5.41, 5.74) is 3.35. The van der Waals surface area contributed by atoms with E-state index in [2.05, 4.69) is 0 Å². The normalized spacial score (nSPS) is 12.4. The molecule has 3 aromatic carbocycles. The number of aromatic nitrogens is 2. The summed E-state index contributed by atoms with van der Waals surface area (Å²) in [5.74, 6) is -0.105. The Hall–Kier alpha value is -3.81.